The van der Waals surface area contributed by atoms with Crippen LogP contribution in [0, 0.1) is 59.8 Å². The number of anilines is 5. The minimum absolute atomic E-state index is 0.112. The molecule has 0 fully saturated rings. The van der Waals surface area contributed by atoms with Crippen LogP contribution >= 0.6 is 22.7 Å². The van der Waals surface area contributed by atoms with Crippen LogP contribution in [0.1, 0.15) is 44.5 Å². The zero-order chi connectivity index (χ0) is 48.4. The molecule has 5 aromatic carbocycles. The number of nitriles is 1. The standard InChI is InChI=1S/C50H44N10O4S4/c1-27-19-29(3)43(30(4)20-27)55-47-44(31(5)23-42(54-47)59(46-32(6)21-28(2)22-33(46)7)49-52-38-24-35(67(8,61)62)15-17-40(38)65-49)56-57-48-37(26-51)45(34-13-11-10-12-14-34)58-60(48)50-53-39-25-36(68(9,63)64)16-18-41(39)66-50/h10-25H,1-9H3,(H,54,55)/b57-56+. The lowest BCUT2D eigenvalue weighted by Gasteiger charge is -2.27. The summed E-state index contributed by atoms with van der Waals surface area (Å²) in [6.07, 6.45) is 2.33. The number of benzene rings is 5. The summed E-state index contributed by atoms with van der Waals surface area (Å²) >= 11 is 2.69. The lowest BCUT2D eigenvalue weighted by Crippen LogP contribution is -2.15. The number of fused-ring (bicyclic) bond motifs is 2. The van der Waals surface area contributed by atoms with Gasteiger partial charge in [0.05, 0.1) is 35.9 Å². The summed E-state index contributed by atoms with van der Waals surface area (Å²) in [4.78, 5) is 17.5. The monoisotopic (exact) mass is 976 g/mol. The molecular weight excluding hydrogens is 933 g/mol. The summed E-state index contributed by atoms with van der Waals surface area (Å²) in [5, 5.41) is 30.0. The number of hydrogen-bond acceptors (Lipinski definition) is 15. The van der Waals surface area contributed by atoms with Gasteiger partial charge in [-0.3, -0.25) is 4.90 Å². The van der Waals surface area contributed by atoms with Crippen LogP contribution < -0.4 is 10.2 Å². The van der Waals surface area contributed by atoms with Gasteiger partial charge in [0.1, 0.15) is 28.8 Å². The van der Waals surface area contributed by atoms with Gasteiger partial charge in [0.25, 0.3) is 0 Å². The number of nitrogens with zero attached hydrogens (tertiary/aromatic N) is 9. The third-order valence-electron chi connectivity index (χ3n) is 11.4. The van der Waals surface area contributed by atoms with Crippen LogP contribution in [-0.2, 0) is 19.7 Å². The van der Waals surface area contributed by atoms with Gasteiger partial charge in [-0.05, 0) is 119 Å². The van der Waals surface area contributed by atoms with E-state index in [9.17, 15) is 22.1 Å². The molecule has 0 spiro atoms. The molecule has 9 rings (SSSR count). The van der Waals surface area contributed by atoms with Crippen LogP contribution in [0.5, 0.6) is 0 Å². The van der Waals surface area contributed by atoms with Crippen LogP contribution in [0.4, 0.5) is 39.6 Å². The number of sulfone groups is 2. The Morgan fingerprint density at radius 1 is 0.662 bits per heavy atom. The van der Waals surface area contributed by atoms with Crippen LogP contribution in [-0.4, -0.2) is 54.1 Å². The fourth-order valence-electron chi connectivity index (χ4n) is 8.38. The molecule has 68 heavy (non-hydrogen) atoms. The molecule has 14 nitrogen and oxygen atoms in total. The van der Waals surface area contributed by atoms with Crippen molar-refractivity contribution in [2.75, 3.05) is 22.7 Å². The van der Waals surface area contributed by atoms with Crippen molar-refractivity contribution in [2.24, 2.45) is 10.2 Å². The molecule has 0 aliphatic carbocycles. The first-order valence-corrected chi connectivity index (χ1v) is 26.7. The van der Waals surface area contributed by atoms with Crippen molar-refractivity contribution >= 4 is 102 Å². The number of nitrogens with one attached hydrogen (secondary N) is 1. The van der Waals surface area contributed by atoms with Crippen molar-refractivity contribution in [3.05, 3.63) is 142 Å². The van der Waals surface area contributed by atoms with Gasteiger partial charge in [-0.1, -0.05) is 88.4 Å². The second-order valence-electron chi connectivity index (χ2n) is 16.9. The molecule has 0 radical (unpaired) electrons. The largest absolute Gasteiger partial charge is 0.338 e. The molecule has 9 aromatic rings. The van der Waals surface area contributed by atoms with Gasteiger partial charge in [0.2, 0.25) is 5.13 Å². The van der Waals surface area contributed by atoms with E-state index in [1.807, 2.05) is 89.8 Å². The summed E-state index contributed by atoms with van der Waals surface area (Å²) in [7, 11) is -7.00. The lowest BCUT2D eigenvalue weighted by molar-refractivity contribution is 0.600. The van der Waals surface area contributed by atoms with E-state index in [0.29, 0.717) is 60.1 Å². The van der Waals surface area contributed by atoms with Crippen LogP contribution in [0.3, 0.4) is 0 Å². The van der Waals surface area contributed by atoms with Gasteiger partial charge in [0.15, 0.2) is 36.4 Å². The first kappa shape index (κ1) is 46.0. The van der Waals surface area contributed by atoms with Gasteiger partial charge < -0.3 is 5.32 Å². The molecule has 0 atom stereocenters. The topological polar surface area (TPSA) is 189 Å². The molecule has 0 unspecified atom stereocenters. The summed E-state index contributed by atoms with van der Waals surface area (Å²) in [5.74, 6) is 0.995. The molecule has 0 saturated carbocycles. The average Bonchev–Trinajstić information content (AvgIpc) is 4.00. The van der Waals surface area contributed by atoms with E-state index in [0.717, 1.165) is 55.7 Å². The number of aryl methyl sites for hydroxylation is 7. The number of hydrogen-bond donors (Lipinski definition) is 1. The summed E-state index contributed by atoms with van der Waals surface area (Å²) in [6.45, 7) is 14.1. The highest BCUT2D eigenvalue weighted by atomic mass is 32.2. The third-order valence-corrected chi connectivity index (χ3v) is 15.6. The quantitative estimate of drug-likeness (QED) is 0.121. The van der Waals surface area contributed by atoms with Gasteiger partial charge in [-0.25, -0.2) is 31.8 Å². The van der Waals surface area contributed by atoms with E-state index in [1.165, 1.54) is 39.7 Å². The minimum atomic E-state index is -3.51. The van der Waals surface area contributed by atoms with Gasteiger partial charge >= 0.3 is 0 Å². The van der Waals surface area contributed by atoms with Crippen molar-refractivity contribution < 1.29 is 16.8 Å². The Hall–Kier alpha value is -7.17. The zero-order valence-electron chi connectivity index (χ0n) is 38.5. The smallest absolute Gasteiger partial charge is 0.213 e. The molecular formula is C50H44N10O4S4. The maximum atomic E-state index is 12.6. The van der Waals surface area contributed by atoms with Gasteiger partial charge in [-0.15, -0.1) is 10.2 Å². The summed E-state index contributed by atoms with van der Waals surface area (Å²) in [5.41, 5.74) is 11.1. The third kappa shape index (κ3) is 8.76. The summed E-state index contributed by atoms with van der Waals surface area (Å²) < 4.78 is 53.2. The second-order valence-corrected chi connectivity index (χ2v) is 23.0. The molecule has 18 heteroatoms. The highest BCUT2D eigenvalue weighted by Gasteiger charge is 2.27. The molecule has 0 bridgehead atoms. The maximum Gasteiger partial charge on any atom is 0.213 e. The van der Waals surface area contributed by atoms with Gasteiger partial charge in [0, 0.05) is 23.8 Å². The minimum Gasteiger partial charge on any atom is -0.338 e. The molecule has 1 N–H and O–H groups in total. The Morgan fingerprint density at radius 3 is 1.82 bits per heavy atom. The molecule has 4 aromatic heterocycles. The zero-order valence-corrected chi connectivity index (χ0v) is 41.8. The van der Waals surface area contributed by atoms with E-state index in [1.54, 1.807) is 30.3 Å². The number of pyridine rings is 1. The van der Waals surface area contributed by atoms with E-state index >= 15 is 0 Å². The van der Waals surface area contributed by atoms with Crippen molar-refractivity contribution in [3.8, 4) is 22.5 Å². The molecule has 4 heterocycles. The second kappa shape index (κ2) is 17.5. The van der Waals surface area contributed by atoms with Crippen molar-refractivity contribution in [3.63, 3.8) is 0 Å². The van der Waals surface area contributed by atoms with Crippen LogP contribution in [0.25, 0.3) is 36.8 Å². The lowest BCUT2D eigenvalue weighted by atomic mass is 10.0. The predicted octanol–water partition coefficient (Wildman–Crippen LogP) is 12.6. The summed E-state index contributed by atoms with van der Waals surface area (Å²) in [6, 6.07) is 31.6. The molecule has 342 valence electrons. The first-order chi connectivity index (χ1) is 32.3. The maximum absolute atomic E-state index is 12.6. The fraction of sp³-hybridized carbons (Fsp3) is 0.180. The van der Waals surface area contributed by atoms with Crippen molar-refractivity contribution in [2.45, 2.75) is 58.3 Å². The van der Waals surface area contributed by atoms with E-state index < -0.39 is 19.7 Å². The molecule has 0 aliphatic heterocycles. The number of thiazole rings is 2. The Labute approximate surface area is 402 Å². The van der Waals surface area contributed by atoms with E-state index in [4.69, 9.17) is 30.3 Å². The van der Waals surface area contributed by atoms with Crippen LogP contribution in [0.2, 0.25) is 0 Å². The predicted molar refractivity (Wildman–Crippen MR) is 272 cm³/mol. The molecule has 0 aliphatic rings. The highest BCUT2D eigenvalue weighted by molar-refractivity contribution is 7.91. The van der Waals surface area contributed by atoms with E-state index in [2.05, 4.69) is 35.7 Å². The van der Waals surface area contributed by atoms with Crippen molar-refractivity contribution in [1.82, 2.24) is 24.7 Å². The first-order valence-electron chi connectivity index (χ1n) is 21.2. The number of aromatic nitrogens is 5. The Morgan fingerprint density at radius 2 is 1.24 bits per heavy atom. The average molecular weight is 977 g/mol. The molecule has 0 saturated heterocycles. The van der Waals surface area contributed by atoms with E-state index in [-0.39, 0.29) is 21.2 Å². The van der Waals surface area contributed by atoms with Gasteiger partial charge in [-0.2, -0.15) is 15.0 Å². The van der Waals surface area contributed by atoms with Crippen molar-refractivity contribution in [1.29, 1.82) is 5.26 Å². The highest BCUT2D eigenvalue weighted by Crippen LogP contribution is 2.46. The fourth-order valence-corrected chi connectivity index (χ4v) is 11.5. The normalized spacial score (nSPS) is 12.1. The SMILES string of the molecule is Cc1cc(C)c(Nc2nc(N(c3nc4cc(S(C)(=O)=O)ccc4s3)c3c(C)cc(C)cc3C)cc(C)c2/N=N/c2c(C#N)c(-c3ccccc3)nn2-c2nc3cc(S(C)(=O)=O)ccc3s2)c(C)c1. The molecule has 0 amide bonds. The Balaban J connectivity index is 1.27. The Kier molecular flexibility index (Phi) is 11.8. The van der Waals surface area contributed by atoms with Crippen LogP contribution in [0.15, 0.2) is 117 Å². The number of rotatable bonds is 11. The Bertz CT molecular complexity index is 3790. The number of azo groups is 1.